The third kappa shape index (κ3) is 5.56. The van der Waals surface area contributed by atoms with Crippen LogP contribution in [0.4, 0.5) is 5.69 Å². The summed E-state index contributed by atoms with van der Waals surface area (Å²) in [6.45, 7) is 3.84. The van der Waals surface area contributed by atoms with Crippen molar-refractivity contribution in [1.82, 2.24) is 10.6 Å². The lowest BCUT2D eigenvalue weighted by atomic mass is 10.2. The van der Waals surface area contributed by atoms with E-state index in [0.717, 1.165) is 0 Å². The monoisotopic (exact) mass is 371 g/mol. The summed E-state index contributed by atoms with van der Waals surface area (Å²) in [5.74, 6) is 0.117. The van der Waals surface area contributed by atoms with Crippen molar-refractivity contribution in [2.45, 2.75) is 20.0 Å². The quantitative estimate of drug-likeness (QED) is 0.704. The van der Waals surface area contributed by atoms with Gasteiger partial charge in [-0.25, -0.2) is 0 Å². The third-order valence-electron chi connectivity index (χ3n) is 3.33. The maximum atomic E-state index is 12.3. The SMILES string of the molecule is CNC(=O)c1ccc(NC(=S)NC(=O)c2cccc(OC(C)C)c2)cc1. The van der Waals surface area contributed by atoms with E-state index in [1.807, 2.05) is 13.8 Å². The van der Waals surface area contributed by atoms with E-state index in [4.69, 9.17) is 17.0 Å². The molecule has 0 unspecified atom stereocenters. The minimum absolute atomic E-state index is 0.0221. The zero-order valence-electron chi connectivity index (χ0n) is 14.8. The van der Waals surface area contributed by atoms with Gasteiger partial charge in [-0.1, -0.05) is 6.07 Å². The van der Waals surface area contributed by atoms with E-state index in [2.05, 4.69) is 16.0 Å². The summed E-state index contributed by atoms with van der Waals surface area (Å²) in [6, 6.07) is 13.6. The van der Waals surface area contributed by atoms with Gasteiger partial charge in [0.05, 0.1) is 6.10 Å². The normalized spacial score (nSPS) is 10.2. The van der Waals surface area contributed by atoms with Gasteiger partial charge in [0.1, 0.15) is 5.75 Å². The standard InChI is InChI=1S/C19H21N3O3S/c1-12(2)25-16-6-4-5-14(11-16)18(24)22-19(26)21-15-9-7-13(8-10-15)17(23)20-3/h4-12H,1-3H3,(H,20,23)(H2,21,22,24,26). The highest BCUT2D eigenvalue weighted by molar-refractivity contribution is 7.80. The van der Waals surface area contributed by atoms with Crippen LogP contribution in [0.25, 0.3) is 0 Å². The van der Waals surface area contributed by atoms with Gasteiger partial charge in [0, 0.05) is 23.9 Å². The molecule has 0 saturated carbocycles. The van der Waals surface area contributed by atoms with E-state index in [-0.39, 0.29) is 23.0 Å². The van der Waals surface area contributed by atoms with Gasteiger partial charge >= 0.3 is 0 Å². The third-order valence-corrected chi connectivity index (χ3v) is 3.53. The van der Waals surface area contributed by atoms with Gasteiger partial charge < -0.3 is 15.4 Å². The van der Waals surface area contributed by atoms with Gasteiger partial charge in [-0.3, -0.25) is 14.9 Å². The fourth-order valence-corrected chi connectivity index (χ4v) is 2.38. The van der Waals surface area contributed by atoms with Crippen molar-refractivity contribution < 1.29 is 14.3 Å². The molecule has 0 aromatic heterocycles. The molecular formula is C19H21N3O3S. The Balaban J connectivity index is 1.97. The number of thiocarbonyl (C=S) groups is 1. The molecule has 0 heterocycles. The van der Waals surface area contributed by atoms with Crippen LogP contribution in [0, 0.1) is 0 Å². The summed E-state index contributed by atoms with van der Waals surface area (Å²) in [4.78, 5) is 23.8. The van der Waals surface area contributed by atoms with Crippen LogP contribution in [0.15, 0.2) is 48.5 Å². The van der Waals surface area contributed by atoms with Gasteiger partial charge in [0.25, 0.3) is 11.8 Å². The van der Waals surface area contributed by atoms with E-state index in [1.54, 1.807) is 55.6 Å². The molecule has 0 aliphatic heterocycles. The van der Waals surface area contributed by atoms with Gasteiger partial charge in [-0.2, -0.15) is 0 Å². The smallest absolute Gasteiger partial charge is 0.257 e. The number of rotatable bonds is 5. The molecule has 0 aliphatic rings. The van der Waals surface area contributed by atoms with Gasteiger partial charge in [-0.15, -0.1) is 0 Å². The van der Waals surface area contributed by atoms with Gasteiger partial charge in [-0.05, 0) is 68.5 Å². The van der Waals surface area contributed by atoms with Crippen molar-refractivity contribution in [2.24, 2.45) is 0 Å². The van der Waals surface area contributed by atoms with Crippen molar-refractivity contribution >= 4 is 34.8 Å². The van der Waals surface area contributed by atoms with Crippen LogP contribution in [0.2, 0.25) is 0 Å². The average Bonchev–Trinajstić information content (AvgIpc) is 2.61. The predicted octanol–water partition coefficient (Wildman–Crippen LogP) is 2.96. The molecule has 2 aromatic rings. The van der Waals surface area contributed by atoms with Crippen LogP contribution >= 0.6 is 12.2 Å². The topological polar surface area (TPSA) is 79.5 Å². The summed E-state index contributed by atoms with van der Waals surface area (Å²) in [7, 11) is 1.57. The molecule has 0 aliphatic carbocycles. The predicted molar refractivity (Wildman–Crippen MR) is 106 cm³/mol. The molecule has 2 aromatic carbocycles. The Bertz CT molecular complexity index is 804. The molecule has 0 bridgehead atoms. The van der Waals surface area contributed by atoms with Crippen LogP contribution < -0.4 is 20.7 Å². The van der Waals surface area contributed by atoms with E-state index >= 15 is 0 Å². The molecular weight excluding hydrogens is 350 g/mol. The Hall–Kier alpha value is -2.93. The zero-order valence-corrected chi connectivity index (χ0v) is 15.6. The molecule has 136 valence electrons. The summed E-state index contributed by atoms with van der Waals surface area (Å²) in [5.41, 5.74) is 1.65. The molecule has 2 amide bonds. The van der Waals surface area contributed by atoms with Crippen LogP contribution in [0.5, 0.6) is 5.75 Å². The number of hydrogen-bond donors (Lipinski definition) is 3. The molecule has 3 N–H and O–H groups in total. The number of hydrogen-bond acceptors (Lipinski definition) is 4. The summed E-state index contributed by atoms with van der Waals surface area (Å²) >= 11 is 5.17. The van der Waals surface area contributed by atoms with Crippen LogP contribution in [0.1, 0.15) is 34.6 Å². The highest BCUT2D eigenvalue weighted by Crippen LogP contribution is 2.15. The first-order chi connectivity index (χ1) is 12.4. The largest absolute Gasteiger partial charge is 0.491 e. The van der Waals surface area contributed by atoms with Crippen LogP contribution in [-0.4, -0.2) is 30.1 Å². The molecule has 0 saturated heterocycles. The van der Waals surface area contributed by atoms with E-state index in [1.165, 1.54) is 0 Å². The number of amides is 2. The molecule has 0 fully saturated rings. The lowest BCUT2D eigenvalue weighted by molar-refractivity contribution is 0.0959. The molecule has 0 radical (unpaired) electrons. The van der Waals surface area contributed by atoms with E-state index in [0.29, 0.717) is 22.6 Å². The molecule has 26 heavy (non-hydrogen) atoms. The van der Waals surface area contributed by atoms with Gasteiger partial charge in [0.2, 0.25) is 0 Å². The van der Waals surface area contributed by atoms with Crippen molar-refractivity contribution in [3.63, 3.8) is 0 Å². The minimum Gasteiger partial charge on any atom is -0.491 e. The molecule has 2 rings (SSSR count). The summed E-state index contributed by atoms with van der Waals surface area (Å²) < 4.78 is 5.58. The second kappa shape index (κ2) is 8.96. The second-order valence-corrected chi connectivity index (χ2v) is 6.17. The number of carbonyl (C=O) groups excluding carboxylic acids is 2. The molecule has 0 spiro atoms. The lowest BCUT2D eigenvalue weighted by Gasteiger charge is -2.12. The van der Waals surface area contributed by atoms with Crippen molar-refractivity contribution in [3.05, 3.63) is 59.7 Å². The minimum atomic E-state index is -0.335. The first-order valence-corrected chi connectivity index (χ1v) is 8.51. The van der Waals surface area contributed by atoms with E-state index in [9.17, 15) is 9.59 Å². The fraction of sp³-hybridized carbons (Fsp3) is 0.211. The van der Waals surface area contributed by atoms with Gasteiger partial charge in [0.15, 0.2) is 5.11 Å². The number of anilines is 1. The summed E-state index contributed by atoms with van der Waals surface area (Å²) in [6.07, 6.45) is 0.0221. The van der Waals surface area contributed by atoms with Crippen molar-refractivity contribution in [1.29, 1.82) is 0 Å². The first kappa shape index (κ1) is 19.4. The number of nitrogens with one attached hydrogen (secondary N) is 3. The maximum Gasteiger partial charge on any atom is 0.257 e. The number of benzene rings is 2. The summed E-state index contributed by atoms with van der Waals surface area (Å²) in [5, 5.41) is 8.24. The van der Waals surface area contributed by atoms with Crippen molar-refractivity contribution in [2.75, 3.05) is 12.4 Å². The molecule has 7 heteroatoms. The zero-order chi connectivity index (χ0) is 19.1. The Kier molecular flexibility index (Phi) is 6.68. The van der Waals surface area contributed by atoms with Crippen LogP contribution in [-0.2, 0) is 0 Å². The fourth-order valence-electron chi connectivity index (χ4n) is 2.17. The Labute approximate surface area is 157 Å². The molecule has 6 nitrogen and oxygen atoms in total. The Morgan fingerprint density at radius 1 is 1.00 bits per heavy atom. The van der Waals surface area contributed by atoms with E-state index < -0.39 is 0 Å². The Morgan fingerprint density at radius 2 is 1.69 bits per heavy atom. The highest BCUT2D eigenvalue weighted by Gasteiger charge is 2.10. The lowest BCUT2D eigenvalue weighted by Crippen LogP contribution is -2.34. The van der Waals surface area contributed by atoms with Crippen LogP contribution in [0.3, 0.4) is 0 Å². The maximum absolute atomic E-state index is 12.3. The van der Waals surface area contributed by atoms with Crippen molar-refractivity contribution in [3.8, 4) is 5.75 Å². The number of ether oxygens (including phenoxy) is 1. The first-order valence-electron chi connectivity index (χ1n) is 8.10. The average molecular weight is 371 g/mol. The second-order valence-electron chi connectivity index (χ2n) is 5.76. The molecule has 0 atom stereocenters. The number of carbonyl (C=O) groups is 2. The Morgan fingerprint density at radius 3 is 2.31 bits per heavy atom. The highest BCUT2D eigenvalue weighted by atomic mass is 32.1.